The third-order valence-electron chi connectivity index (χ3n) is 2.50. The summed E-state index contributed by atoms with van der Waals surface area (Å²) >= 11 is 3.35. The summed E-state index contributed by atoms with van der Waals surface area (Å²) < 4.78 is 2.75. The molecule has 2 aromatic rings. The average molecular weight is 323 g/mol. The maximum absolute atomic E-state index is 11.8. The number of hydrogen-bond donors (Lipinski definition) is 2. The van der Waals surface area contributed by atoms with E-state index in [1.54, 1.807) is 10.9 Å². The molecule has 0 saturated heterocycles. The summed E-state index contributed by atoms with van der Waals surface area (Å²) in [7, 11) is 1.86. The fourth-order valence-corrected chi connectivity index (χ4v) is 1.93. The van der Waals surface area contributed by atoms with Crippen LogP contribution in [0.3, 0.4) is 0 Å². The molecule has 1 heterocycles. The topological polar surface area (TPSA) is 59.0 Å². The van der Waals surface area contributed by atoms with Gasteiger partial charge in [-0.25, -0.2) is 4.98 Å². The molecule has 0 atom stereocenters. The zero-order chi connectivity index (χ0) is 13.7. The van der Waals surface area contributed by atoms with Crippen LogP contribution in [0.4, 0.5) is 5.69 Å². The summed E-state index contributed by atoms with van der Waals surface area (Å²) in [6.07, 6.45) is 3.52. The van der Waals surface area contributed by atoms with Gasteiger partial charge in [-0.05, 0) is 31.3 Å². The Balaban J connectivity index is 1.91. The van der Waals surface area contributed by atoms with Crippen molar-refractivity contribution in [2.75, 3.05) is 12.4 Å². The van der Waals surface area contributed by atoms with Crippen molar-refractivity contribution < 1.29 is 4.79 Å². The molecule has 19 heavy (non-hydrogen) atoms. The molecule has 0 aliphatic carbocycles. The van der Waals surface area contributed by atoms with Crippen LogP contribution in [0, 0.1) is 0 Å². The highest BCUT2D eigenvalue weighted by Crippen LogP contribution is 2.14. The van der Waals surface area contributed by atoms with Gasteiger partial charge in [0.25, 0.3) is 0 Å². The quantitative estimate of drug-likeness (QED) is 0.885. The van der Waals surface area contributed by atoms with Crippen molar-refractivity contribution in [3.63, 3.8) is 0 Å². The Morgan fingerprint density at radius 2 is 2.11 bits per heavy atom. The molecule has 5 nitrogen and oxygen atoms in total. The van der Waals surface area contributed by atoms with Crippen molar-refractivity contribution in [3.8, 4) is 0 Å². The van der Waals surface area contributed by atoms with Crippen molar-refractivity contribution in [2.45, 2.75) is 13.1 Å². The normalized spacial score (nSPS) is 10.4. The lowest BCUT2D eigenvalue weighted by Crippen LogP contribution is -2.17. The van der Waals surface area contributed by atoms with E-state index >= 15 is 0 Å². The number of carbonyl (C=O) groups excluding carboxylic acids is 1. The number of carbonyl (C=O) groups is 1. The van der Waals surface area contributed by atoms with Gasteiger partial charge in [0.2, 0.25) is 5.91 Å². The molecule has 2 N–H and O–H groups in total. The Bertz CT molecular complexity index is 550. The summed E-state index contributed by atoms with van der Waals surface area (Å²) in [6.45, 7) is 0.952. The van der Waals surface area contributed by atoms with Gasteiger partial charge in [-0.3, -0.25) is 4.79 Å². The van der Waals surface area contributed by atoms with E-state index in [9.17, 15) is 4.79 Å². The summed E-state index contributed by atoms with van der Waals surface area (Å²) in [5.74, 6) is -0.0734. The van der Waals surface area contributed by atoms with E-state index in [0.29, 0.717) is 6.54 Å². The Kier molecular flexibility index (Phi) is 4.70. The Labute approximate surface area is 120 Å². The molecule has 0 aliphatic rings. The van der Waals surface area contributed by atoms with Crippen LogP contribution in [0.1, 0.15) is 5.69 Å². The molecule has 6 heteroatoms. The van der Waals surface area contributed by atoms with Crippen molar-refractivity contribution in [3.05, 3.63) is 47.0 Å². The molecule has 0 unspecified atom stereocenters. The van der Waals surface area contributed by atoms with Gasteiger partial charge in [0.15, 0.2) is 0 Å². The van der Waals surface area contributed by atoms with Crippen LogP contribution < -0.4 is 10.6 Å². The van der Waals surface area contributed by atoms with Gasteiger partial charge in [0, 0.05) is 22.9 Å². The lowest BCUT2D eigenvalue weighted by molar-refractivity contribution is -0.116. The predicted octanol–water partition coefficient (Wildman–Crippen LogP) is 2.00. The number of imidazole rings is 1. The third-order valence-corrected chi connectivity index (χ3v) is 3.03. The number of benzene rings is 1. The predicted molar refractivity (Wildman–Crippen MR) is 77.8 cm³/mol. The maximum Gasteiger partial charge on any atom is 0.244 e. The summed E-state index contributed by atoms with van der Waals surface area (Å²) in [5, 5.41) is 5.85. The van der Waals surface area contributed by atoms with Gasteiger partial charge in [0.1, 0.15) is 6.54 Å². The first kappa shape index (κ1) is 13.8. The summed E-state index contributed by atoms with van der Waals surface area (Å²) in [4.78, 5) is 16.0. The zero-order valence-electron chi connectivity index (χ0n) is 10.6. The van der Waals surface area contributed by atoms with Crippen LogP contribution in [-0.2, 0) is 17.9 Å². The number of anilines is 1. The molecule has 0 fully saturated rings. The van der Waals surface area contributed by atoms with Crippen molar-refractivity contribution in [2.24, 2.45) is 0 Å². The molecular weight excluding hydrogens is 308 g/mol. The second-order valence-electron chi connectivity index (χ2n) is 4.12. The lowest BCUT2D eigenvalue weighted by atomic mass is 10.3. The smallest absolute Gasteiger partial charge is 0.244 e. The largest absolute Gasteiger partial charge is 0.328 e. The van der Waals surface area contributed by atoms with Gasteiger partial charge in [-0.1, -0.05) is 15.9 Å². The fraction of sp³-hybridized carbons (Fsp3) is 0.231. The first-order valence-corrected chi connectivity index (χ1v) is 6.67. The molecule has 1 aromatic heterocycles. The van der Waals surface area contributed by atoms with E-state index in [1.165, 1.54) is 0 Å². The zero-order valence-corrected chi connectivity index (χ0v) is 12.1. The van der Waals surface area contributed by atoms with E-state index in [-0.39, 0.29) is 12.5 Å². The van der Waals surface area contributed by atoms with E-state index < -0.39 is 0 Å². The number of nitrogens with zero attached hydrogens (tertiary/aromatic N) is 2. The number of aromatic nitrogens is 2. The summed E-state index contributed by atoms with van der Waals surface area (Å²) in [6, 6.07) is 7.47. The third kappa shape index (κ3) is 4.18. The average Bonchev–Trinajstić information content (AvgIpc) is 2.80. The molecule has 0 radical (unpaired) electrons. The molecule has 2 rings (SSSR count). The van der Waals surface area contributed by atoms with Crippen LogP contribution in [0.15, 0.2) is 41.3 Å². The minimum atomic E-state index is -0.0734. The van der Waals surface area contributed by atoms with Gasteiger partial charge in [0.05, 0.1) is 12.0 Å². The molecule has 1 amide bonds. The Morgan fingerprint density at radius 1 is 1.37 bits per heavy atom. The van der Waals surface area contributed by atoms with Gasteiger partial charge >= 0.3 is 0 Å². The van der Waals surface area contributed by atoms with Crippen LogP contribution >= 0.6 is 15.9 Å². The number of halogens is 1. The highest BCUT2D eigenvalue weighted by Gasteiger charge is 2.04. The van der Waals surface area contributed by atoms with E-state index in [4.69, 9.17) is 0 Å². The highest BCUT2D eigenvalue weighted by molar-refractivity contribution is 9.10. The fourth-order valence-electron chi connectivity index (χ4n) is 1.66. The van der Waals surface area contributed by atoms with E-state index in [2.05, 4.69) is 31.5 Å². The van der Waals surface area contributed by atoms with Gasteiger partial charge < -0.3 is 15.2 Å². The Hall–Kier alpha value is -1.66. The molecule has 0 spiro atoms. The van der Waals surface area contributed by atoms with E-state index in [0.717, 1.165) is 15.9 Å². The first-order valence-electron chi connectivity index (χ1n) is 5.88. The van der Waals surface area contributed by atoms with Crippen LogP contribution in [0.5, 0.6) is 0 Å². The SMILES string of the molecule is CNCc1cn(CC(=O)Nc2ccc(Br)cc2)cn1. The molecular formula is C13H15BrN4O. The van der Waals surface area contributed by atoms with Crippen LogP contribution in [0.25, 0.3) is 0 Å². The number of nitrogens with one attached hydrogen (secondary N) is 2. The number of rotatable bonds is 5. The monoisotopic (exact) mass is 322 g/mol. The Morgan fingerprint density at radius 3 is 2.79 bits per heavy atom. The minimum Gasteiger partial charge on any atom is -0.328 e. The second-order valence-corrected chi connectivity index (χ2v) is 5.04. The highest BCUT2D eigenvalue weighted by atomic mass is 79.9. The second kappa shape index (κ2) is 6.49. The molecule has 1 aromatic carbocycles. The summed E-state index contributed by atoms with van der Waals surface area (Å²) in [5.41, 5.74) is 1.70. The number of amides is 1. The maximum atomic E-state index is 11.8. The van der Waals surface area contributed by atoms with Crippen molar-refractivity contribution in [1.29, 1.82) is 0 Å². The standard InChI is InChI=1S/C13H15BrN4O/c1-15-6-12-7-18(9-16-12)8-13(19)17-11-4-2-10(14)3-5-11/h2-5,7,9,15H,6,8H2,1H3,(H,17,19). The van der Waals surface area contributed by atoms with Gasteiger partial charge in [-0.15, -0.1) is 0 Å². The minimum absolute atomic E-state index is 0.0734. The lowest BCUT2D eigenvalue weighted by Gasteiger charge is -2.05. The van der Waals surface area contributed by atoms with Gasteiger partial charge in [-0.2, -0.15) is 0 Å². The van der Waals surface area contributed by atoms with Crippen LogP contribution in [0.2, 0.25) is 0 Å². The molecule has 0 aliphatic heterocycles. The first-order chi connectivity index (χ1) is 9.17. The van der Waals surface area contributed by atoms with Crippen LogP contribution in [-0.4, -0.2) is 22.5 Å². The van der Waals surface area contributed by atoms with E-state index in [1.807, 2.05) is 37.5 Å². The number of hydrogen-bond acceptors (Lipinski definition) is 3. The van der Waals surface area contributed by atoms with Crippen molar-refractivity contribution >= 4 is 27.5 Å². The molecule has 0 bridgehead atoms. The molecule has 100 valence electrons. The van der Waals surface area contributed by atoms with Crippen molar-refractivity contribution in [1.82, 2.24) is 14.9 Å². The molecule has 0 saturated carbocycles.